The fraction of sp³-hybridized carbons (Fsp3) is 0.681. The first-order valence-corrected chi connectivity index (χ1v) is 33.9. The molecule has 1 fully saturated rings. The van der Waals surface area contributed by atoms with Crippen LogP contribution in [0.5, 0.6) is 11.5 Å². The predicted octanol–water partition coefficient (Wildman–Crippen LogP) is 11.5. The van der Waals surface area contributed by atoms with Crippen molar-refractivity contribution in [1.82, 2.24) is 0 Å². The van der Waals surface area contributed by atoms with Crippen LogP contribution in [-0.2, 0) is 23.4 Å². The van der Waals surface area contributed by atoms with Gasteiger partial charge in [0.1, 0.15) is 0 Å². The zero-order chi connectivity index (χ0) is 44.4. The van der Waals surface area contributed by atoms with Crippen molar-refractivity contribution in [2.24, 2.45) is 11.8 Å². The van der Waals surface area contributed by atoms with Crippen LogP contribution >= 0.6 is 0 Å². The molecule has 8 nitrogen and oxygen atoms in total. The van der Waals surface area contributed by atoms with Crippen molar-refractivity contribution in [3.05, 3.63) is 65.7 Å². The first-order valence-electron chi connectivity index (χ1n) is 21.7. The van der Waals surface area contributed by atoms with Gasteiger partial charge in [0.05, 0.1) is 0 Å². The topological polar surface area (TPSA) is 81.7 Å². The number of esters is 1. The number of ether oxygens (including phenoxy) is 6. The van der Waals surface area contributed by atoms with Crippen molar-refractivity contribution in [2.75, 3.05) is 27.1 Å². The molecule has 0 N–H and O–H groups in total. The van der Waals surface area contributed by atoms with Crippen LogP contribution in [0, 0.1) is 11.8 Å². The third-order valence-electron chi connectivity index (χ3n) is 11.4. The van der Waals surface area contributed by atoms with Crippen molar-refractivity contribution < 1.29 is 37.6 Å². The van der Waals surface area contributed by atoms with Gasteiger partial charge < -0.3 is 0 Å². The molecule has 59 heavy (non-hydrogen) atoms. The minimum atomic E-state index is -1.90. The van der Waals surface area contributed by atoms with Gasteiger partial charge in [-0.25, -0.2) is 0 Å². The fourth-order valence-electron chi connectivity index (χ4n) is 6.55. The number of hydrogen-bond donors (Lipinski definition) is 0. The molecule has 2 aromatic rings. The van der Waals surface area contributed by atoms with Crippen molar-refractivity contribution in [3.8, 4) is 11.5 Å². The quantitative estimate of drug-likeness (QED) is 0.0472. The second-order valence-corrected chi connectivity index (χ2v) is 39.5. The molecule has 1 heterocycles. The molecule has 12 heteroatoms. The summed E-state index contributed by atoms with van der Waals surface area (Å²) in [6, 6.07) is 16.4. The summed E-state index contributed by atoms with van der Waals surface area (Å²) in [7, 11) is -3.13. The summed E-state index contributed by atoms with van der Waals surface area (Å²) in [6.07, 6.45) is 5.91. The van der Waals surface area contributed by atoms with E-state index in [1.807, 2.05) is 26.0 Å². The maximum atomic E-state index is 14.3. The molecule has 334 valence electrons. The molecule has 2 unspecified atom stereocenters. The standard InChI is InChI=1S/C47H80O8SeSi3/c1-34(36(3)55-59(16,17)46(4,5)6)23-24-35(2)44-40(53-47(7,8)54-44)25-26-42(56-38-21-19-18-20-22-38)39-31-37(50-27-29-57(10,11)12)32-41(52-33-49-9)43(39)45(48)51-28-30-58(13,14)15/h18-24,31-32,34-36,40,42,44H,25-30,33H2,1-17H3/b24-23-/t34-,35?,36+,40-,42?,44-/m1/s1. The van der Waals surface area contributed by atoms with E-state index in [-0.39, 0.29) is 67.7 Å². The molecule has 1 saturated heterocycles. The molecule has 2 aromatic carbocycles. The van der Waals surface area contributed by atoms with E-state index in [4.69, 9.17) is 32.8 Å². The monoisotopic (exact) mass is 936 g/mol. The van der Waals surface area contributed by atoms with Gasteiger partial charge in [0.15, 0.2) is 0 Å². The second kappa shape index (κ2) is 22.1. The number of carbonyl (C=O) groups is 1. The third-order valence-corrected chi connectivity index (χ3v) is 22.2. The zero-order valence-corrected chi connectivity index (χ0v) is 44.5. The van der Waals surface area contributed by atoms with E-state index in [0.717, 1.165) is 30.5 Å². The van der Waals surface area contributed by atoms with Crippen LogP contribution in [0.4, 0.5) is 0 Å². The predicted molar refractivity (Wildman–Crippen MR) is 254 cm³/mol. The first-order chi connectivity index (χ1) is 27.2. The molecule has 0 radical (unpaired) electrons. The van der Waals surface area contributed by atoms with Gasteiger partial charge in [-0.15, -0.1) is 0 Å². The van der Waals surface area contributed by atoms with Crippen LogP contribution in [0.3, 0.4) is 0 Å². The van der Waals surface area contributed by atoms with E-state index in [9.17, 15) is 4.79 Å². The Kier molecular flexibility index (Phi) is 19.3. The van der Waals surface area contributed by atoms with Gasteiger partial charge in [-0.2, -0.15) is 0 Å². The van der Waals surface area contributed by atoms with Crippen LogP contribution in [-0.4, -0.2) is 96.6 Å². The molecule has 1 aliphatic rings. The van der Waals surface area contributed by atoms with Crippen molar-refractivity contribution in [3.63, 3.8) is 0 Å². The summed E-state index contributed by atoms with van der Waals surface area (Å²) in [6.45, 7) is 37.0. The summed E-state index contributed by atoms with van der Waals surface area (Å²) in [4.78, 5) is 14.3. The molecule has 0 aliphatic carbocycles. The molecule has 6 atom stereocenters. The Labute approximate surface area is 368 Å². The summed E-state index contributed by atoms with van der Waals surface area (Å²) < 4.78 is 45.5. The van der Waals surface area contributed by atoms with Crippen LogP contribution in [0.25, 0.3) is 0 Å². The molecule has 0 aromatic heterocycles. The Morgan fingerprint density at radius 1 is 0.881 bits per heavy atom. The zero-order valence-electron chi connectivity index (χ0n) is 39.8. The summed E-state index contributed by atoms with van der Waals surface area (Å²) in [5.74, 6) is 0.382. The molecule has 1 aliphatic heterocycles. The van der Waals surface area contributed by atoms with E-state index in [0.29, 0.717) is 30.3 Å². The molecular formula is C47H80O8SeSi3. The maximum absolute atomic E-state index is 14.3. The van der Waals surface area contributed by atoms with Crippen LogP contribution in [0.15, 0.2) is 54.6 Å². The van der Waals surface area contributed by atoms with Gasteiger partial charge in [-0.05, 0) is 18.1 Å². The Bertz CT molecular complexity index is 1630. The molecular weight excluding hydrogens is 856 g/mol. The van der Waals surface area contributed by atoms with Crippen LogP contribution in [0.1, 0.15) is 89.0 Å². The van der Waals surface area contributed by atoms with Crippen molar-refractivity contribution in [2.45, 2.75) is 167 Å². The molecule has 0 spiro atoms. The van der Waals surface area contributed by atoms with E-state index in [2.05, 4.69) is 136 Å². The average molecular weight is 936 g/mol. The fourth-order valence-corrected chi connectivity index (χ4v) is 12.0. The van der Waals surface area contributed by atoms with E-state index in [1.54, 1.807) is 7.11 Å². The normalized spacial score (nSPS) is 19.7. The second-order valence-electron chi connectivity index (χ2n) is 20.9. The Balaban J connectivity index is 2.03. The summed E-state index contributed by atoms with van der Waals surface area (Å²) in [5, 5.41) is 0.153. The van der Waals surface area contributed by atoms with E-state index < -0.39 is 30.3 Å². The summed E-state index contributed by atoms with van der Waals surface area (Å²) >= 11 is -0.0597. The van der Waals surface area contributed by atoms with Crippen LogP contribution < -0.4 is 13.9 Å². The SMILES string of the molecule is COCOc1cc(OCC[Si](C)(C)C)cc(C(CC[C@H]2OC(C)(C)O[C@@H]2C(C)/C=C\[C@@H](C)[C@H](C)O[Si](C)(C)C(C)(C)C)[Se]c2ccccc2)c1C(=O)OCC[Si](C)(C)C. The van der Waals surface area contributed by atoms with Gasteiger partial charge in [0.2, 0.25) is 0 Å². The number of carbonyl (C=O) groups excluding carboxylic acids is 1. The Morgan fingerprint density at radius 3 is 2.10 bits per heavy atom. The molecule has 0 bridgehead atoms. The average Bonchev–Trinajstić information content (AvgIpc) is 3.43. The molecule has 0 amide bonds. The van der Waals surface area contributed by atoms with Crippen molar-refractivity contribution >= 4 is 49.9 Å². The summed E-state index contributed by atoms with van der Waals surface area (Å²) in [5.41, 5.74) is 1.34. The first kappa shape index (κ1) is 51.6. The van der Waals surface area contributed by atoms with E-state index in [1.165, 1.54) is 4.46 Å². The number of rotatable bonds is 23. The number of methoxy groups -OCH3 is 1. The Morgan fingerprint density at radius 2 is 1.51 bits per heavy atom. The number of hydrogen-bond acceptors (Lipinski definition) is 8. The molecule has 3 rings (SSSR count). The van der Waals surface area contributed by atoms with Crippen molar-refractivity contribution in [1.29, 1.82) is 0 Å². The minimum absolute atomic E-state index is 0.00327. The van der Waals surface area contributed by atoms with Crippen LogP contribution in [0.2, 0.25) is 69.5 Å². The van der Waals surface area contributed by atoms with Gasteiger partial charge >= 0.3 is 331 Å². The number of benzene rings is 2. The van der Waals surface area contributed by atoms with Gasteiger partial charge in [0.25, 0.3) is 0 Å². The van der Waals surface area contributed by atoms with Gasteiger partial charge in [-0.1, -0.05) is 20.8 Å². The van der Waals surface area contributed by atoms with Gasteiger partial charge in [-0.3, -0.25) is 0 Å². The van der Waals surface area contributed by atoms with E-state index >= 15 is 0 Å². The molecule has 0 saturated carbocycles. The Hall–Kier alpha value is -1.74. The van der Waals surface area contributed by atoms with Gasteiger partial charge in [0, 0.05) is 0 Å². The third kappa shape index (κ3) is 17.2.